The summed E-state index contributed by atoms with van der Waals surface area (Å²) in [5.41, 5.74) is 3.61. The Morgan fingerprint density at radius 3 is 2.47 bits per heavy atom. The van der Waals surface area contributed by atoms with Crippen LogP contribution in [0.5, 0.6) is 0 Å². The number of rotatable bonds is 6. The highest BCUT2D eigenvalue weighted by atomic mass is 32.2. The molecule has 0 radical (unpaired) electrons. The van der Waals surface area contributed by atoms with Crippen LogP contribution in [0, 0.1) is 0 Å². The Balaban J connectivity index is 1.31. The summed E-state index contributed by atoms with van der Waals surface area (Å²) in [5, 5.41) is 6.59. The second kappa shape index (κ2) is 10.1. The van der Waals surface area contributed by atoms with Gasteiger partial charge >= 0.3 is 0 Å². The molecule has 0 saturated heterocycles. The minimum absolute atomic E-state index is 0.0262. The molecule has 1 aromatic heterocycles. The van der Waals surface area contributed by atoms with E-state index in [1.807, 2.05) is 31.3 Å². The first-order valence-electron chi connectivity index (χ1n) is 12.9. The average molecular weight is 504 g/mol. The molecule has 5 rings (SSSR count). The number of aryl methyl sites for hydroxylation is 1. The molecule has 0 bridgehead atoms. The van der Waals surface area contributed by atoms with Crippen molar-refractivity contribution in [2.75, 3.05) is 5.32 Å². The topological polar surface area (TPSA) is 88.2 Å². The van der Waals surface area contributed by atoms with Crippen LogP contribution in [0.3, 0.4) is 0 Å². The number of nitrogens with one attached hydrogen (secondary N) is 2. The number of carbonyl (C=O) groups excluding carboxylic acids is 1. The first-order chi connectivity index (χ1) is 17.5. The molecule has 1 atom stereocenters. The van der Waals surface area contributed by atoms with Gasteiger partial charge in [-0.05, 0) is 54.7 Å². The Hall–Kier alpha value is -3.19. The number of carbonyl (C=O) groups is 1. The third-order valence-electron chi connectivity index (χ3n) is 7.81. The van der Waals surface area contributed by atoms with Crippen molar-refractivity contribution in [2.24, 2.45) is 0 Å². The maximum absolute atomic E-state index is 13.5. The van der Waals surface area contributed by atoms with Crippen LogP contribution in [0.15, 0.2) is 76.8 Å². The van der Waals surface area contributed by atoms with Gasteiger partial charge in [0.2, 0.25) is 15.7 Å². The summed E-state index contributed by atoms with van der Waals surface area (Å²) < 4.78 is 26.4. The summed E-state index contributed by atoms with van der Waals surface area (Å²) in [5.74, 6) is -0.0262. The first-order valence-corrected chi connectivity index (χ1v) is 14.3. The Bertz CT molecular complexity index is 1340. The summed E-state index contributed by atoms with van der Waals surface area (Å²) in [7, 11) is -3.60. The number of anilines is 1. The summed E-state index contributed by atoms with van der Waals surface area (Å²) in [4.78, 5) is 18.4. The molecule has 188 valence electrons. The second-order valence-electron chi connectivity index (χ2n) is 9.90. The molecule has 1 amide bonds. The number of aromatic nitrogens is 1. The van der Waals surface area contributed by atoms with Crippen molar-refractivity contribution in [3.8, 4) is 0 Å². The number of sulfone groups is 1. The van der Waals surface area contributed by atoms with E-state index in [-0.39, 0.29) is 22.3 Å². The number of amides is 1. The van der Waals surface area contributed by atoms with Crippen molar-refractivity contribution in [2.45, 2.75) is 79.7 Å². The zero-order chi connectivity index (χ0) is 25.2. The van der Waals surface area contributed by atoms with Crippen LogP contribution in [0.25, 0.3) is 0 Å². The van der Waals surface area contributed by atoms with E-state index in [0.29, 0.717) is 17.9 Å². The van der Waals surface area contributed by atoms with Gasteiger partial charge in [-0.15, -0.1) is 0 Å². The lowest BCUT2D eigenvalue weighted by atomic mass is 9.71. The van der Waals surface area contributed by atoms with Crippen LogP contribution in [0.1, 0.15) is 62.1 Å². The van der Waals surface area contributed by atoms with Crippen LogP contribution in [-0.2, 0) is 33.0 Å². The first kappa shape index (κ1) is 24.5. The normalized spacial score (nSPS) is 18.8. The summed E-state index contributed by atoms with van der Waals surface area (Å²) >= 11 is 0. The van der Waals surface area contributed by atoms with Gasteiger partial charge in [0, 0.05) is 35.6 Å². The molecule has 2 aliphatic rings. The van der Waals surface area contributed by atoms with E-state index in [1.54, 1.807) is 42.6 Å². The molecule has 2 heterocycles. The highest BCUT2D eigenvalue weighted by Gasteiger charge is 2.50. The number of pyridine rings is 1. The molecule has 3 aromatic rings. The molecule has 1 spiro atoms. The van der Waals surface area contributed by atoms with Crippen LogP contribution >= 0.6 is 0 Å². The third-order valence-corrected chi connectivity index (χ3v) is 9.68. The zero-order valence-electron chi connectivity index (χ0n) is 20.7. The Morgan fingerprint density at radius 2 is 1.75 bits per heavy atom. The molecule has 6 nitrogen and oxygen atoms in total. The Labute approximate surface area is 213 Å². The van der Waals surface area contributed by atoms with Gasteiger partial charge in [0.25, 0.3) is 0 Å². The number of hydrogen-bond donors (Lipinski definition) is 2. The predicted octanol–water partition coefficient (Wildman–Crippen LogP) is 5.18. The van der Waals surface area contributed by atoms with E-state index in [4.69, 9.17) is 0 Å². The number of hydrogen-bond acceptors (Lipinski definition) is 5. The highest BCUT2D eigenvalue weighted by molar-refractivity contribution is 7.91. The SMILES string of the molecule is CCc1ccccc1S(=O)(=O)c1ccc(CNC(=O)C2Nc3ccncc3C23CCCCCC3)cc1. The fourth-order valence-electron chi connectivity index (χ4n) is 5.86. The van der Waals surface area contributed by atoms with Crippen molar-refractivity contribution in [1.29, 1.82) is 0 Å². The quantitative estimate of drug-likeness (QED) is 0.484. The Kier molecular flexibility index (Phi) is 6.84. The van der Waals surface area contributed by atoms with E-state index >= 15 is 0 Å². The lowest BCUT2D eigenvalue weighted by Gasteiger charge is -2.34. The molecular weight excluding hydrogens is 470 g/mol. The zero-order valence-corrected chi connectivity index (χ0v) is 21.5. The van der Waals surface area contributed by atoms with Gasteiger partial charge in [-0.2, -0.15) is 0 Å². The highest BCUT2D eigenvalue weighted by Crippen LogP contribution is 2.49. The molecule has 7 heteroatoms. The minimum Gasteiger partial charge on any atom is -0.373 e. The van der Waals surface area contributed by atoms with Crippen molar-refractivity contribution >= 4 is 21.4 Å². The molecule has 1 fully saturated rings. The van der Waals surface area contributed by atoms with Crippen LogP contribution in [0.4, 0.5) is 5.69 Å². The number of fused-ring (bicyclic) bond motifs is 2. The predicted molar refractivity (Wildman–Crippen MR) is 141 cm³/mol. The van der Waals surface area contributed by atoms with E-state index < -0.39 is 9.84 Å². The maximum atomic E-state index is 13.5. The van der Waals surface area contributed by atoms with Crippen molar-refractivity contribution in [3.05, 3.63) is 83.7 Å². The average Bonchev–Trinajstić information content (AvgIpc) is 3.04. The van der Waals surface area contributed by atoms with Crippen molar-refractivity contribution in [3.63, 3.8) is 0 Å². The standard InChI is InChI=1S/C29H33N3O3S/c1-2-22-9-5-6-10-26(22)36(34,35)23-13-11-21(12-14-23)19-31-28(33)27-29(16-7-3-4-8-17-29)24-20-30-18-15-25(24)32-27/h5-6,9-15,18,20,27,32H,2-4,7-8,16-17,19H2,1H3,(H,31,33). The number of benzene rings is 2. The van der Waals surface area contributed by atoms with Crippen LogP contribution < -0.4 is 10.6 Å². The largest absolute Gasteiger partial charge is 0.373 e. The van der Waals surface area contributed by atoms with Gasteiger partial charge < -0.3 is 10.6 Å². The lowest BCUT2D eigenvalue weighted by Crippen LogP contribution is -2.49. The molecule has 2 N–H and O–H groups in total. The van der Waals surface area contributed by atoms with Gasteiger partial charge in [0.05, 0.1) is 9.79 Å². The lowest BCUT2D eigenvalue weighted by molar-refractivity contribution is -0.123. The van der Waals surface area contributed by atoms with E-state index in [1.165, 1.54) is 12.8 Å². The molecule has 1 saturated carbocycles. The maximum Gasteiger partial charge on any atom is 0.243 e. The molecular formula is C29H33N3O3S. The second-order valence-corrected chi connectivity index (χ2v) is 11.8. The monoisotopic (exact) mass is 503 g/mol. The molecule has 2 aromatic carbocycles. The fraction of sp³-hybridized carbons (Fsp3) is 0.379. The van der Waals surface area contributed by atoms with Gasteiger partial charge in [-0.3, -0.25) is 9.78 Å². The fourth-order valence-corrected chi connectivity index (χ4v) is 7.43. The Morgan fingerprint density at radius 1 is 1.03 bits per heavy atom. The van der Waals surface area contributed by atoms with Gasteiger partial charge in [-0.1, -0.05) is 62.9 Å². The third kappa shape index (κ3) is 4.41. The summed E-state index contributed by atoms with van der Waals surface area (Å²) in [6, 6.07) is 15.6. The molecule has 1 unspecified atom stereocenters. The van der Waals surface area contributed by atoms with E-state index in [0.717, 1.165) is 48.1 Å². The summed E-state index contributed by atoms with van der Waals surface area (Å²) in [6.45, 7) is 2.29. The van der Waals surface area contributed by atoms with E-state index in [9.17, 15) is 13.2 Å². The van der Waals surface area contributed by atoms with Gasteiger partial charge in [0.15, 0.2) is 0 Å². The van der Waals surface area contributed by atoms with E-state index in [2.05, 4.69) is 15.6 Å². The summed E-state index contributed by atoms with van der Waals surface area (Å²) in [6.07, 6.45) is 10.9. The van der Waals surface area contributed by atoms with Gasteiger partial charge in [-0.25, -0.2) is 8.42 Å². The molecule has 1 aliphatic carbocycles. The smallest absolute Gasteiger partial charge is 0.243 e. The van der Waals surface area contributed by atoms with Gasteiger partial charge in [0.1, 0.15) is 6.04 Å². The van der Waals surface area contributed by atoms with Crippen LogP contribution in [-0.4, -0.2) is 25.4 Å². The number of nitrogens with zero attached hydrogens (tertiary/aromatic N) is 1. The minimum atomic E-state index is -3.60. The van der Waals surface area contributed by atoms with Crippen molar-refractivity contribution < 1.29 is 13.2 Å². The molecule has 36 heavy (non-hydrogen) atoms. The van der Waals surface area contributed by atoms with Crippen molar-refractivity contribution in [1.82, 2.24) is 10.3 Å². The molecule has 1 aliphatic heterocycles. The van der Waals surface area contributed by atoms with Crippen LogP contribution in [0.2, 0.25) is 0 Å².